The van der Waals surface area contributed by atoms with Crippen LogP contribution in [0.2, 0.25) is 0 Å². The fraction of sp³-hybridized carbons (Fsp3) is 0.133. The molecule has 0 spiro atoms. The van der Waals surface area contributed by atoms with E-state index in [-0.39, 0.29) is 11.3 Å². The summed E-state index contributed by atoms with van der Waals surface area (Å²) >= 11 is 0. The number of rotatable bonds is 5. The van der Waals surface area contributed by atoms with E-state index in [2.05, 4.69) is 11.1 Å². The number of aromatic nitrogens is 1. The molecule has 21 heavy (non-hydrogen) atoms. The number of anilines is 3. The molecular weight excluding hydrogens is 266 g/mol. The van der Waals surface area contributed by atoms with Gasteiger partial charge in [0.2, 0.25) is 0 Å². The molecule has 106 valence electrons. The first-order valence-corrected chi connectivity index (χ1v) is 6.38. The number of benzene rings is 1. The van der Waals surface area contributed by atoms with Crippen LogP contribution in [0.15, 0.2) is 42.6 Å². The molecule has 6 heteroatoms. The number of nitrogens with two attached hydrogens (primary N) is 2. The molecule has 2 rings (SSSR count). The van der Waals surface area contributed by atoms with Crippen LogP contribution in [0, 0.1) is 11.3 Å². The van der Waals surface area contributed by atoms with Crippen LogP contribution in [0.1, 0.15) is 16.8 Å². The smallest absolute Gasteiger partial charge is 0.250 e. The van der Waals surface area contributed by atoms with Crippen LogP contribution < -0.4 is 16.4 Å². The molecule has 0 fully saturated rings. The average Bonchev–Trinajstić information content (AvgIpc) is 2.50. The Morgan fingerprint density at radius 3 is 2.67 bits per heavy atom. The minimum Gasteiger partial charge on any atom is -0.397 e. The van der Waals surface area contributed by atoms with Crippen molar-refractivity contribution >= 4 is 23.1 Å². The number of pyridine rings is 1. The van der Waals surface area contributed by atoms with Gasteiger partial charge in [0, 0.05) is 12.2 Å². The second-order valence-electron chi connectivity index (χ2n) is 4.39. The molecule has 0 aliphatic carbocycles. The van der Waals surface area contributed by atoms with Gasteiger partial charge in [0.25, 0.3) is 5.91 Å². The molecular formula is C15H15N5O. The number of para-hydroxylation sites is 1. The van der Waals surface area contributed by atoms with Crippen LogP contribution in [0.25, 0.3) is 0 Å². The van der Waals surface area contributed by atoms with E-state index in [1.165, 1.54) is 6.20 Å². The summed E-state index contributed by atoms with van der Waals surface area (Å²) in [6.45, 7) is 0.454. The molecule has 4 N–H and O–H groups in total. The fourth-order valence-corrected chi connectivity index (χ4v) is 1.96. The van der Waals surface area contributed by atoms with Gasteiger partial charge in [-0.2, -0.15) is 5.26 Å². The molecule has 1 aromatic heterocycles. The first-order valence-electron chi connectivity index (χ1n) is 6.38. The van der Waals surface area contributed by atoms with Crippen LogP contribution in [0.3, 0.4) is 0 Å². The molecule has 0 atom stereocenters. The maximum absolute atomic E-state index is 11.4. The summed E-state index contributed by atoms with van der Waals surface area (Å²) in [5.41, 5.74) is 12.3. The van der Waals surface area contributed by atoms with Gasteiger partial charge in [0.05, 0.1) is 29.9 Å². The summed E-state index contributed by atoms with van der Waals surface area (Å²) in [5, 5.41) is 8.80. The third-order valence-corrected chi connectivity index (χ3v) is 2.98. The van der Waals surface area contributed by atoms with Crippen LogP contribution >= 0.6 is 0 Å². The topological polar surface area (TPSA) is 109 Å². The molecule has 0 saturated heterocycles. The first kappa shape index (κ1) is 14.3. The van der Waals surface area contributed by atoms with Crippen molar-refractivity contribution in [1.82, 2.24) is 4.98 Å². The van der Waals surface area contributed by atoms with Crippen molar-refractivity contribution in [3.8, 4) is 6.07 Å². The Morgan fingerprint density at radius 1 is 1.33 bits per heavy atom. The van der Waals surface area contributed by atoms with Gasteiger partial charge in [-0.25, -0.2) is 4.98 Å². The summed E-state index contributed by atoms with van der Waals surface area (Å²) < 4.78 is 0. The highest BCUT2D eigenvalue weighted by Gasteiger charge is 2.14. The van der Waals surface area contributed by atoms with Crippen molar-refractivity contribution in [2.24, 2.45) is 5.73 Å². The lowest BCUT2D eigenvalue weighted by atomic mass is 10.2. The van der Waals surface area contributed by atoms with Gasteiger partial charge >= 0.3 is 0 Å². The third kappa shape index (κ3) is 3.28. The summed E-state index contributed by atoms with van der Waals surface area (Å²) in [5.74, 6) is -0.0797. The molecule has 6 nitrogen and oxygen atoms in total. The van der Waals surface area contributed by atoms with E-state index in [0.717, 1.165) is 5.69 Å². The normalized spacial score (nSPS) is 9.86. The number of nitrogen functional groups attached to an aromatic ring is 1. The SMILES string of the molecule is N#CCCN(c1ccccc1)c1cc(C(N)=O)c(N)cn1. The number of hydrogen-bond acceptors (Lipinski definition) is 5. The molecule has 0 aliphatic rings. The van der Waals surface area contributed by atoms with Crippen LogP contribution in [0.4, 0.5) is 17.2 Å². The number of primary amides is 1. The van der Waals surface area contributed by atoms with Gasteiger partial charge in [0.1, 0.15) is 5.82 Å². The molecule has 0 unspecified atom stereocenters. The van der Waals surface area contributed by atoms with Crippen LogP contribution in [-0.2, 0) is 0 Å². The van der Waals surface area contributed by atoms with E-state index in [1.54, 1.807) is 6.07 Å². The Bertz CT molecular complexity index is 678. The average molecular weight is 281 g/mol. The molecule has 0 radical (unpaired) electrons. The minimum absolute atomic E-state index is 0.220. The molecule has 0 bridgehead atoms. The van der Waals surface area contributed by atoms with E-state index in [1.807, 2.05) is 35.2 Å². The predicted octanol–water partition coefficient (Wildman–Crippen LogP) is 1.81. The molecule has 0 aliphatic heterocycles. The minimum atomic E-state index is -0.607. The zero-order chi connectivity index (χ0) is 15.2. The van der Waals surface area contributed by atoms with E-state index in [0.29, 0.717) is 18.8 Å². The van der Waals surface area contributed by atoms with Crippen molar-refractivity contribution in [3.05, 3.63) is 48.2 Å². The highest BCUT2D eigenvalue weighted by Crippen LogP contribution is 2.25. The Morgan fingerprint density at radius 2 is 2.05 bits per heavy atom. The van der Waals surface area contributed by atoms with Crippen molar-refractivity contribution in [3.63, 3.8) is 0 Å². The zero-order valence-corrected chi connectivity index (χ0v) is 11.4. The van der Waals surface area contributed by atoms with Gasteiger partial charge < -0.3 is 16.4 Å². The van der Waals surface area contributed by atoms with Gasteiger partial charge in [0.15, 0.2) is 0 Å². The highest BCUT2D eigenvalue weighted by atomic mass is 16.1. The number of carbonyl (C=O) groups excluding carboxylic acids is 1. The highest BCUT2D eigenvalue weighted by molar-refractivity contribution is 5.98. The summed E-state index contributed by atoms with van der Waals surface area (Å²) in [7, 11) is 0. The Hall–Kier alpha value is -3.07. The van der Waals surface area contributed by atoms with Gasteiger partial charge in [-0.1, -0.05) is 18.2 Å². The van der Waals surface area contributed by atoms with E-state index >= 15 is 0 Å². The fourth-order valence-electron chi connectivity index (χ4n) is 1.96. The Labute approximate surface area is 122 Å². The van der Waals surface area contributed by atoms with Crippen molar-refractivity contribution < 1.29 is 4.79 Å². The summed E-state index contributed by atoms with van der Waals surface area (Å²) in [6, 6.07) is 13.1. The first-order chi connectivity index (χ1) is 10.1. The monoisotopic (exact) mass is 281 g/mol. The van der Waals surface area contributed by atoms with Gasteiger partial charge in [-0.3, -0.25) is 4.79 Å². The second-order valence-corrected chi connectivity index (χ2v) is 4.39. The maximum Gasteiger partial charge on any atom is 0.250 e. The number of carbonyl (C=O) groups is 1. The summed E-state index contributed by atoms with van der Waals surface area (Å²) in [4.78, 5) is 17.5. The van der Waals surface area contributed by atoms with Crippen molar-refractivity contribution in [1.29, 1.82) is 5.26 Å². The lowest BCUT2D eigenvalue weighted by Gasteiger charge is -2.23. The number of nitriles is 1. The third-order valence-electron chi connectivity index (χ3n) is 2.98. The number of hydrogen-bond donors (Lipinski definition) is 2. The van der Waals surface area contributed by atoms with Gasteiger partial charge in [-0.05, 0) is 18.2 Å². The number of nitrogens with zero attached hydrogens (tertiary/aromatic N) is 3. The van der Waals surface area contributed by atoms with Crippen molar-refractivity contribution in [2.75, 3.05) is 17.2 Å². The molecule has 1 heterocycles. The quantitative estimate of drug-likeness (QED) is 0.868. The molecule has 2 aromatic rings. The van der Waals surface area contributed by atoms with E-state index in [4.69, 9.17) is 16.7 Å². The lowest BCUT2D eigenvalue weighted by molar-refractivity contribution is 0.100. The molecule has 0 saturated carbocycles. The summed E-state index contributed by atoms with van der Waals surface area (Å²) in [6.07, 6.45) is 1.73. The predicted molar refractivity (Wildman–Crippen MR) is 80.8 cm³/mol. The van der Waals surface area contributed by atoms with Crippen molar-refractivity contribution in [2.45, 2.75) is 6.42 Å². The van der Waals surface area contributed by atoms with E-state index in [9.17, 15) is 4.79 Å². The molecule has 1 amide bonds. The van der Waals surface area contributed by atoms with Crippen LogP contribution in [-0.4, -0.2) is 17.4 Å². The lowest BCUT2D eigenvalue weighted by Crippen LogP contribution is -2.21. The van der Waals surface area contributed by atoms with E-state index < -0.39 is 5.91 Å². The second kappa shape index (κ2) is 6.39. The van der Waals surface area contributed by atoms with Crippen LogP contribution in [0.5, 0.6) is 0 Å². The Kier molecular flexibility index (Phi) is 4.36. The standard InChI is InChI=1S/C15H15N5O/c16-7-4-8-20(11-5-2-1-3-6-11)14-9-12(15(18)21)13(17)10-19-14/h1-3,5-6,9-10H,4,8,17H2,(H2,18,21). The van der Waals surface area contributed by atoms with Gasteiger partial charge in [-0.15, -0.1) is 0 Å². The zero-order valence-electron chi connectivity index (χ0n) is 11.4. The Balaban J connectivity index is 2.44. The number of amides is 1. The largest absolute Gasteiger partial charge is 0.397 e. The maximum atomic E-state index is 11.4. The molecule has 1 aromatic carbocycles.